The lowest BCUT2D eigenvalue weighted by atomic mass is 9.64. The van der Waals surface area contributed by atoms with Gasteiger partial charge in [0.2, 0.25) is 11.7 Å². The Morgan fingerprint density at radius 1 is 1.36 bits per heavy atom. The summed E-state index contributed by atoms with van der Waals surface area (Å²) in [6.07, 6.45) is -9.28. The van der Waals surface area contributed by atoms with Gasteiger partial charge in [-0.15, -0.1) is 0 Å². The van der Waals surface area contributed by atoms with Crippen LogP contribution in [-0.4, -0.2) is 42.1 Å². The predicted octanol–water partition coefficient (Wildman–Crippen LogP) is 1.97. The van der Waals surface area contributed by atoms with E-state index in [2.05, 4.69) is 4.99 Å². The van der Waals surface area contributed by atoms with E-state index in [4.69, 9.17) is 16.2 Å². The van der Waals surface area contributed by atoms with Crippen LogP contribution in [0.5, 0.6) is 0 Å². The summed E-state index contributed by atoms with van der Waals surface area (Å²) in [5.74, 6) is -4.33. The number of rotatable bonds is 6. The summed E-state index contributed by atoms with van der Waals surface area (Å²) >= 11 is 0. The van der Waals surface area contributed by atoms with Crippen LogP contribution in [0.3, 0.4) is 0 Å². The second-order valence-corrected chi connectivity index (χ2v) is 6.77. The average molecular weight is 414 g/mol. The van der Waals surface area contributed by atoms with Crippen LogP contribution in [0.15, 0.2) is 16.8 Å². The molecule has 1 heterocycles. The molecule has 0 aromatic carbocycles. The van der Waals surface area contributed by atoms with E-state index in [-0.39, 0.29) is 25.7 Å². The van der Waals surface area contributed by atoms with Gasteiger partial charge in [0, 0.05) is 6.08 Å². The molecule has 2 aliphatic rings. The molecular formula is C15H19F5N4O4. The number of ether oxygens (including phenoxy) is 1. The van der Waals surface area contributed by atoms with Gasteiger partial charge in [0.05, 0.1) is 10.8 Å². The zero-order chi connectivity index (χ0) is 21.3. The van der Waals surface area contributed by atoms with Crippen molar-refractivity contribution in [2.45, 2.75) is 44.5 Å². The summed E-state index contributed by atoms with van der Waals surface area (Å²) in [6, 6.07) is 0. The molecule has 2 unspecified atom stereocenters. The molecule has 8 nitrogen and oxygen atoms in total. The minimum absolute atomic E-state index is 0.168. The van der Waals surface area contributed by atoms with E-state index in [1.54, 1.807) is 0 Å². The Bertz CT molecular complexity index is 688. The van der Waals surface area contributed by atoms with Crippen molar-refractivity contribution in [1.82, 2.24) is 0 Å². The molecule has 4 N–H and O–H groups in total. The van der Waals surface area contributed by atoms with Gasteiger partial charge in [0.25, 0.3) is 6.43 Å². The number of nitrogens with zero attached hydrogens (tertiary/aromatic N) is 2. The van der Waals surface area contributed by atoms with Gasteiger partial charge < -0.3 is 16.2 Å². The first-order valence-corrected chi connectivity index (χ1v) is 8.36. The van der Waals surface area contributed by atoms with Crippen molar-refractivity contribution >= 4 is 11.7 Å². The lowest BCUT2D eigenvalue weighted by Crippen LogP contribution is -2.55. The number of carbonyl (C=O) groups excluding carboxylic acids is 1. The number of nitro groups is 1. The Balaban J connectivity index is 2.43. The summed E-state index contributed by atoms with van der Waals surface area (Å²) < 4.78 is 69.0. The monoisotopic (exact) mass is 414 g/mol. The van der Waals surface area contributed by atoms with Gasteiger partial charge in [-0.25, -0.2) is 13.8 Å². The summed E-state index contributed by atoms with van der Waals surface area (Å²) in [4.78, 5) is 26.3. The summed E-state index contributed by atoms with van der Waals surface area (Å²) in [5, 5.41) is 11.2. The van der Waals surface area contributed by atoms with Crippen molar-refractivity contribution < 1.29 is 36.4 Å². The lowest BCUT2D eigenvalue weighted by molar-refractivity contribution is -0.416. The zero-order valence-corrected chi connectivity index (χ0v) is 14.5. The SMILES string of the molecule is NC(=O)C1(C2CCC(C(F)(F)F)CC2)C=C([N+](=O)[O-])C(N)=NC1OCC(F)F. The van der Waals surface area contributed by atoms with Crippen LogP contribution < -0.4 is 11.5 Å². The van der Waals surface area contributed by atoms with Crippen LogP contribution in [0.4, 0.5) is 22.0 Å². The molecule has 1 aliphatic heterocycles. The fourth-order valence-corrected chi connectivity index (χ4v) is 3.77. The molecular weight excluding hydrogens is 395 g/mol. The van der Waals surface area contributed by atoms with Gasteiger partial charge in [-0.1, -0.05) is 0 Å². The molecule has 0 aromatic heterocycles. The fraction of sp³-hybridized carbons (Fsp3) is 0.733. The van der Waals surface area contributed by atoms with E-state index >= 15 is 0 Å². The quantitative estimate of drug-likeness (QED) is 0.389. The highest BCUT2D eigenvalue weighted by molar-refractivity contribution is 5.98. The Kier molecular flexibility index (Phi) is 6.26. The molecule has 2 atom stereocenters. The van der Waals surface area contributed by atoms with Gasteiger partial charge in [-0.2, -0.15) is 13.2 Å². The topological polar surface area (TPSA) is 134 Å². The highest BCUT2D eigenvalue weighted by Crippen LogP contribution is 2.49. The second kappa shape index (κ2) is 7.97. The number of amidine groups is 1. The largest absolute Gasteiger partial charge is 0.391 e. The molecule has 158 valence electrons. The van der Waals surface area contributed by atoms with Gasteiger partial charge in [-0.05, 0) is 31.6 Å². The van der Waals surface area contributed by atoms with Crippen LogP contribution in [0, 0.1) is 27.4 Å². The van der Waals surface area contributed by atoms with Gasteiger partial charge in [0.15, 0.2) is 6.23 Å². The van der Waals surface area contributed by atoms with Crippen LogP contribution >= 0.6 is 0 Å². The number of nitrogens with two attached hydrogens (primary N) is 2. The van der Waals surface area contributed by atoms with E-state index in [0.29, 0.717) is 0 Å². The van der Waals surface area contributed by atoms with Gasteiger partial charge in [-0.3, -0.25) is 14.9 Å². The Morgan fingerprint density at radius 2 is 1.93 bits per heavy atom. The Morgan fingerprint density at radius 3 is 2.36 bits per heavy atom. The first-order valence-electron chi connectivity index (χ1n) is 8.36. The maximum absolute atomic E-state index is 12.9. The molecule has 1 saturated carbocycles. The highest BCUT2D eigenvalue weighted by Gasteiger charge is 2.56. The van der Waals surface area contributed by atoms with Gasteiger partial charge >= 0.3 is 11.9 Å². The maximum Gasteiger partial charge on any atom is 0.391 e. The maximum atomic E-state index is 12.9. The fourth-order valence-electron chi connectivity index (χ4n) is 3.77. The van der Waals surface area contributed by atoms with E-state index in [9.17, 15) is 36.9 Å². The van der Waals surface area contributed by atoms with E-state index in [0.717, 1.165) is 6.08 Å². The molecule has 1 fully saturated rings. The molecule has 28 heavy (non-hydrogen) atoms. The van der Waals surface area contributed by atoms with Crippen LogP contribution in [0.1, 0.15) is 25.7 Å². The van der Waals surface area contributed by atoms with Crippen molar-refractivity contribution in [2.24, 2.45) is 33.7 Å². The van der Waals surface area contributed by atoms with Gasteiger partial charge in [0.1, 0.15) is 12.0 Å². The minimum Gasteiger partial charge on any atom is -0.378 e. The number of alkyl halides is 5. The number of aliphatic imine (C=N–C) groups is 1. The smallest absolute Gasteiger partial charge is 0.378 e. The summed E-state index contributed by atoms with van der Waals surface area (Å²) in [7, 11) is 0. The Hall–Kier alpha value is -2.31. The molecule has 2 rings (SSSR count). The number of hydrogen-bond acceptors (Lipinski definition) is 6. The molecule has 0 aromatic rings. The number of carbonyl (C=O) groups is 1. The van der Waals surface area contributed by atoms with Crippen LogP contribution in [0.25, 0.3) is 0 Å². The van der Waals surface area contributed by atoms with Crippen molar-refractivity contribution in [3.63, 3.8) is 0 Å². The summed E-state index contributed by atoms with van der Waals surface area (Å²) in [5.41, 5.74) is 8.10. The number of dihydropyridines is 1. The first-order chi connectivity index (χ1) is 12.9. The molecule has 1 amide bonds. The molecule has 0 spiro atoms. The number of primary amides is 1. The predicted molar refractivity (Wildman–Crippen MR) is 85.6 cm³/mol. The van der Waals surface area contributed by atoms with Crippen LogP contribution in [-0.2, 0) is 9.53 Å². The second-order valence-electron chi connectivity index (χ2n) is 6.77. The van der Waals surface area contributed by atoms with Crippen molar-refractivity contribution in [1.29, 1.82) is 0 Å². The number of halogens is 5. The van der Waals surface area contributed by atoms with Crippen molar-refractivity contribution in [3.05, 3.63) is 21.9 Å². The summed E-state index contributed by atoms with van der Waals surface area (Å²) in [6.45, 7) is -1.16. The van der Waals surface area contributed by atoms with Crippen LogP contribution in [0.2, 0.25) is 0 Å². The normalized spacial score (nSPS) is 31.3. The van der Waals surface area contributed by atoms with Crippen molar-refractivity contribution in [3.8, 4) is 0 Å². The molecule has 0 radical (unpaired) electrons. The third-order valence-corrected chi connectivity index (χ3v) is 5.17. The standard InChI is InChI=1S/C15H19F5N4O4/c16-10(17)6-28-13-14(12(22)25,5-9(24(26)27)11(21)23-13)7-1-3-8(4-2-7)15(18,19)20/h5,7-8,10,13H,1-4,6H2,(H2,21,23)(H2,22,25). The van der Waals surface area contributed by atoms with E-state index in [1.165, 1.54) is 0 Å². The first kappa shape index (κ1) is 22.0. The third kappa shape index (κ3) is 4.23. The molecule has 13 heteroatoms. The minimum atomic E-state index is -4.42. The van der Waals surface area contributed by atoms with Crippen molar-refractivity contribution in [2.75, 3.05) is 6.61 Å². The van der Waals surface area contributed by atoms with E-state index < -0.39 is 65.1 Å². The number of hydrogen-bond donors (Lipinski definition) is 2. The number of amides is 1. The Labute approximate surface area is 155 Å². The zero-order valence-electron chi connectivity index (χ0n) is 14.5. The molecule has 0 saturated heterocycles. The molecule has 1 aliphatic carbocycles. The van der Waals surface area contributed by atoms with E-state index in [1.807, 2.05) is 0 Å². The average Bonchev–Trinajstić information content (AvgIpc) is 2.58. The molecule has 0 bridgehead atoms. The lowest BCUT2D eigenvalue weighted by Gasteiger charge is -2.43. The highest BCUT2D eigenvalue weighted by atomic mass is 19.4. The third-order valence-electron chi connectivity index (χ3n) is 5.17.